The van der Waals surface area contributed by atoms with Gasteiger partial charge in [0.15, 0.2) is 0 Å². The third-order valence-electron chi connectivity index (χ3n) is 4.95. The summed E-state index contributed by atoms with van der Waals surface area (Å²) in [6, 6.07) is 8.96. The van der Waals surface area contributed by atoms with E-state index in [-0.39, 0.29) is 6.04 Å². The molecule has 0 amide bonds. The fraction of sp³-hybridized carbons (Fsp3) is 0.647. The molecule has 0 spiro atoms. The summed E-state index contributed by atoms with van der Waals surface area (Å²) in [4.78, 5) is 2.45. The molecule has 1 aliphatic carbocycles. The lowest BCUT2D eigenvalue weighted by Gasteiger charge is -2.39. The molecular weight excluding hydrogens is 268 g/mol. The van der Waals surface area contributed by atoms with Crippen molar-refractivity contribution in [2.24, 2.45) is 11.7 Å². The number of halogens is 1. The first-order valence-corrected chi connectivity index (χ1v) is 8.21. The molecule has 0 heterocycles. The fourth-order valence-electron chi connectivity index (χ4n) is 3.47. The SMILES string of the molecule is CCC1CCC(N(C)C(CN)c2ccccc2Cl)CC1. The number of nitrogens with two attached hydrogens (primary N) is 1. The van der Waals surface area contributed by atoms with Crippen LogP contribution in [0.3, 0.4) is 0 Å². The van der Waals surface area contributed by atoms with Crippen LogP contribution in [-0.4, -0.2) is 24.5 Å². The zero-order valence-electron chi connectivity index (χ0n) is 12.7. The lowest BCUT2D eigenvalue weighted by Crippen LogP contribution is -2.40. The molecule has 20 heavy (non-hydrogen) atoms. The Morgan fingerprint density at radius 3 is 2.45 bits per heavy atom. The van der Waals surface area contributed by atoms with Crippen molar-refractivity contribution >= 4 is 11.6 Å². The number of hydrogen-bond donors (Lipinski definition) is 1. The van der Waals surface area contributed by atoms with Gasteiger partial charge in [0.25, 0.3) is 0 Å². The Bertz CT molecular complexity index is 413. The molecule has 0 saturated heterocycles. The Morgan fingerprint density at radius 2 is 1.90 bits per heavy atom. The molecule has 1 saturated carbocycles. The van der Waals surface area contributed by atoms with E-state index in [4.69, 9.17) is 17.3 Å². The van der Waals surface area contributed by atoms with Gasteiger partial charge in [-0.2, -0.15) is 0 Å². The monoisotopic (exact) mass is 294 g/mol. The molecule has 0 aromatic heterocycles. The van der Waals surface area contributed by atoms with Gasteiger partial charge < -0.3 is 5.73 Å². The van der Waals surface area contributed by atoms with Gasteiger partial charge in [0.1, 0.15) is 0 Å². The topological polar surface area (TPSA) is 29.3 Å². The Kier molecular flexibility index (Phi) is 5.88. The van der Waals surface area contributed by atoms with Crippen LogP contribution >= 0.6 is 11.6 Å². The number of rotatable bonds is 5. The standard InChI is InChI=1S/C17H27ClN2/c1-3-13-8-10-14(11-9-13)20(2)17(12-19)15-6-4-5-7-16(15)18/h4-7,13-14,17H,3,8-12,19H2,1-2H3. The summed E-state index contributed by atoms with van der Waals surface area (Å²) in [6.45, 7) is 2.93. The van der Waals surface area contributed by atoms with E-state index in [1.54, 1.807) is 0 Å². The van der Waals surface area contributed by atoms with Crippen molar-refractivity contribution < 1.29 is 0 Å². The molecule has 0 bridgehead atoms. The van der Waals surface area contributed by atoms with Crippen molar-refractivity contribution in [3.63, 3.8) is 0 Å². The molecule has 1 aliphatic rings. The smallest absolute Gasteiger partial charge is 0.0485 e. The summed E-state index contributed by atoms with van der Waals surface area (Å²) in [5, 5.41) is 0.831. The lowest BCUT2D eigenvalue weighted by atomic mass is 9.83. The van der Waals surface area contributed by atoms with Crippen LogP contribution in [-0.2, 0) is 0 Å². The molecule has 112 valence electrons. The highest BCUT2D eigenvalue weighted by molar-refractivity contribution is 6.31. The van der Waals surface area contributed by atoms with E-state index in [9.17, 15) is 0 Å². The third kappa shape index (κ3) is 3.55. The first kappa shape index (κ1) is 15.8. The second kappa shape index (κ2) is 7.44. The van der Waals surface area contributed by atoms with E-state index in [0.717, 1.165) is 16.5 Å². The summed E-state index contributed by atoms with van der Waals surface area (Å²) in [6.07, 6.45) is 6.60. The zero-order chi connectivity index (χ0) is 14.5. The molecule has 2 rings (SSSR count). The average Bonchev–Trinajstić information content (AvgIpc) is 2.50. The minimum Gasteiger partial charge on any atom is -0.329 e. The van der Waals surface area contributed by atoms with Crippen molar-refractivity contribution in [1.82, 2.24) is 4.90 Å². The molecule has 3 heteroatoms. The van der Waals surface area contributed by atoms with Crippen LogP contribution in [0.4, 0.5) is 0 Å². The summed E-state index contributed by atoms with van der Waals surface area (Å²) in [5.74, 6) is 0.927. The summed E-state index contributed by atoms with van der Waals surface area (Å²) in [7, 11) is 2.21. The van der Waals surface area contributed by atoms with Crippen LogP contribution in [0.2, 0.25) is 5.02 Å². The minimum atomic E-state index is 0.229. The van der Waals surface area contributed by atoms with Crippen LogP contribution in [0.25, 0.3) is 0 Å². The summed E-state index contributed by atoms with van der Waals surface area (Å²) < 4.78 is 0. The highest BCUT2D eigenvalue weighted by Crippen LogP contribution is 2.34. The summed E-state index contributed by atoms with van der Waals surface area (Å²) >= 11 is 6.34. The van der Waals surface area contributed by atoms with E-state index in [2.05, 4.69) is 24.9 Å². The maximum Gasteiger partial charge on any atom is 0.0485 e. The molecule has 2 N–H and O–H groups in total. The van der Waals surface area contributed by atoms with Crippen LogP contribution in [0.15, 0.2) is 24.3 Å². The van der Waals surface area contributed by atoms with Crippen molar-refractivity contribution in [2.75, 3.05) is 13.6 Å². The number of benzene rings is 1. The van der Waals surface area contributed by atoms with Gasteiger partial charge in [0.2, 0.25) is 0 Å². The number of hydrogen-bond acceptors (Lipinski definition) is 2. The molecule has 1 fully saturated rings. The number of nitrogens with zero attached hydrogens (tertiary/aromatic N) is 1. The normalized spacial score (nSPS) is 24.9. The summed E-state index contributed by atoms with van der Waals surface area (Å²) in [5.41, 5.74) is 7.20. The van der Waals surface area contributed by atoms with Crippen molar-refractivity contribution in [1.29, 1.82) is 0 Å². The minimum absolute atomic E-state index is 0.229. The highest BCUT2D eigenvalue weighted by atomic mass is 35.5. The van der Waals surface area contributed by atoms with Gasteiger partial charge in [0.05, 0.1) is 0 Å². The van der Waals surface area contributed by atoms with E-state index < -0.39 is 0 Å². The number of likely N-dealkylation sites (N-methyl/N-ethyl adjacent to an activating group) is 1. The fourth-order valence-corrected chi connectivity index (χ4v) is 3.73. The van der Waals surface area contributed by atoms with Gasteiger partial charge in [-0.25, -0.2) is 0 Å². The third-order valence-corrected chi connectivity index (χ3v) is 5.29. The molecule has 1 aromatic carbocycles. The van der Waals surface area contributed by atoms with Crippen molar-refractivity contribution in [3.05, 3.63) is 34.9 Å². The molecule has 1 aromatic rings. The second-order valence-corrected chi connectivity index (χ2v) is 6.43. The second-order valence-electron chi connectivity index (χ2n) is 6.02. The van der Waals surface area contributed by atoms with Crippen molar-refractivity contribution in [3.8, 4) is 0 Å². The van der Waals surface area contributed by atoms with E-state index in [1.807, 2.05) is 18.2 Å². The van der Waals surface area contributed by atoms with Gasteiger partial charge >= 0.3 is 0 Å². The van der Waals surface area contributed by atoms with Crippen LogP contribution < -0.4 is 5.73 Å². The van der Waals surface area contributed by atoms with Gasteiger partial charge in [0, 0.05) is 23.7 Å². The quantitative estimate of drug-likeness (QED) is 0.880. The van der Waals surface area contributed by atoms with E-state index in [0.29, 0.717) is 12.6 Å². The Balaban J connectivity index is 2.06. The van der Waals surface area contributed by atoms with E-state index in [1.165, 1.54) is 32.1 Å². The predicted octanol–water partition coefficient (Wildman–Crippen LogP) is 4.24. The van der Waals surface area contributed by atoms with Gasteiger partial charge in [-0.15, -0.1) is 0 Å². The molecule has 2 nitrogen and oxygen atoms in total. The molecule has 1 atom stereocenters. The average molecular weight is 295 g/mol. The van der Waals surface area contributed by atoms with Crippen LogP contribution in [0.5, 0.6) is 0 Å². The maximum atomic E-state index is 6.34. The van der Waals surface area contributed by atoms with Gasteiger partial charge in [-0.1, -0.05) is 43.1 Å². The van der Waals surface area contributed by atoms with Crippen LogP contribution in [0.1, 0.15) is 50.6 Å². The molecule has 0 radical (unpaired) electrons. The van der Waals surface area contributed by atoms with Gasteiger partial charge in [-0.3, -0.25) is 4.90 Å². The van der Waals surface area contributed by atoms with Crippen molar-refractivity contribution in [2.45, 2.75) is 51.1 Å². The van der Waals surface area contributed by atoms with E-state index >= 15 is 0 Å². The molecule has 1 unspecified atom stereocenters. The maximum absolute atomic E-state index is 6.34. The van der Waals surface area contributed by atoms with Gasteiger partial charge in [-0.05, 0) is 50.3 Å². The Hall–Kier alpha value is -0.570. The zero-order valence-corrected chi connectivity index (χ0v) is 13.4. The Labute approximate surface area is 128 Å². The largest absolute Gasteiger partial charge is 0.329 e. The Morgan fingerprint density at radius 1 is 1.25 bits per heavy atom. The first-order valence-electron chi connectivity index (χ1n) is 7.83. The predicted molar refractivity (Wildman–Crippen MR) is 87.0 cm³/mol. The van der Waals surface area contributed by atoms with Crippen LogP contribution in [0, 0.1) is 5.92 Å². The first-order chi connectivity index (χ1) is 9.67. The highest BCUT2D eigenvalue weighted by Gasteiger charge is 2.28. The lowest BCUT2D eigenvalue weighted by molar-refractivity contribution is 0.122. The molecule has 0 aliphatic heterocycles. The molecular formula is C17H27ClN2.